The van der Waals surface area contributed by atoms with Gasteiger partial charge >= 0.3 is 33.9 Å². The molecule has 13 heavy (non-hydrogen) atoms. The molecule has 0 saturated heterocycles. The monoisotopic (exact) mass is 220 g/mol. The molecule has 0 aromatic heterocycles. The number of carbonyl (C=O) groups excluding carboxylic acids is 1. The third-order valence-electron chi connectivity index (χ3n) is 0.713. The van der Waals surface area contributed by atoms with Crippen LogP contribution >= 0.6 is 0 Å². The van der Waals surface area contributed by atoms with Crippen molar-refractivity contribution >= 4 is 6.29 Å². The minimum absolute atomic E-state index is 0. The molecule has 1 aliphatic carbocycles. The number of allylic oxidation sites excluding steroid dienone is 4. The molecule has 0 atom stereocenters. The van der Waals surface area contributed by atoms with E-state index in [0.29, 0.717) is 0 Å². The van der Waals surface area contributed by atoms with Gasteiger partial charge in [0.1, 0.15) is 6.29 Å². The van der Waals surface area contributed by atoms with Crippen molar-refractivity contribution in [2.45, 2.75) is 0 Å². The van der Waals surface area contributed by atoms with Crippen molar-refractivity contribution in [3.63, 3.8) is 0 Å². The van der Waals surface area contributed by atoms with Crippen LogP contribution in [0.5, 0.6) is 0 Å². The van der Waals surface area contributed by atoms with E-state index < -0.39 is 0 Å². The number of hydrogen-bond donors (Lipinski definition) is 0. The van der Waals surface area contributed by atoms with Gasteiger partial charge in [-0.05, 0) is 0 Å². The van der Waals surface area contributed by atoms with E-state index in [4.69, 9.17) is 14.0 Å². The minimum atomic E-state index is 0. The summed E-state index contributed by atoms with van der Waals surface area (Å²) in [6.07, 6.45) is 6.21. The first-order valence-corrected chi connectivity index (χ1v) is 2.38. The van der Waals surface area contributed by atoms with E-state index in [9.17, 15) is 4.79 Å². The summed E-state index contributed by atoms with van der Waals surface area (Å²) in [5.74, 6) is 0. The van der Waals surface area contributed by atoms with Crippen molar-refractivity contribution in [3.8, 4) is 0 Å². The molecular weight excluding hydrogens is 216 g/mol. The summed E-state index contributed by atoms with van der Waals surface area (Å²) in [6, 6.07) is 0. The average Bonchev–Trinajstić information content (AvgIpc) is 2.13. The van der Waals surface area contributed by atoms with Crippen LogP contribution in [0.15, 0.2) is 23.8 Å². The first-order chi connectivity index (χ1) is 5.93. The molecule has 0 saturated carbocycles. The summed E-state index contributed by atoms with van der Waals surface area (Å²) in [6.45, 7) is 13.5. The first-order valence-electron chi connectivity index (χ1n) is 2.38. The standard InChI is InChI=1S/C5H4O.3CO.Fe/c6-4-5-2-1-3-5;3*1-2;/h1-4H;;;;. The van der Waals surface area contributed by atoms with Crippen molar-refractivity contribution in [2.75, 3.05) is 0 Å². The van der Waals surface area contributed by atoms with Crippen LogP contribution in [0.2, 0.25) is 0 Å². The molecule has 0 bridgehead atoms. The zero-order valence-corrected chi connectivity index (χ0v) is 7.40. The van der Waals surface area contributed by atoms with Gasteiger partial charge < -0.3 is 0 Å². The van der Waals surface area contributed by atoms with Gasteiger partial charge in [-0.2, -0.15) is 0 Å². The van der Waals surface area contributed by atoms with Gasteiger partial charge in [0, 0.05) is 22.6 Å². The zero-order chi connectivity index (χ0) is 10.4. The van der Waals surface area contributed by atoms with Crippen molar-refractivity contribution in [3.05, 3.63) is 43.8 Å². The summed E-state index contributed by atoms with van der Waals surface area (Å²) in [5, 5.41) is 0. The maximum absolute atomic E-state index is 9.67. The van der Waals surface area contributed by atoms with Gasteiger partial charge in [-0.25, -0.2) is 0 Å². The van der Waals surface area contributed by atoms with E-state index in [-0.39, 0.29) is 17.1 Å². The average molecular weight is 220 g/mol. The van der Waals surface area contributed by atoms with E-state index in [1.165, 1.54) is 0 Å². The fraction of sp³-hybridized carbons (Fsp3) is 0. The van der Waals surface area contributed by atoms with Gasteiger partial charge in [0.25, 0.3) is 0 Å². The van der Waals surface area contributed by atoms with Crippen LogP contribution in [0.25, 0.3) is 0 Å². The second kappa shape index (κ2) is 30.7. The van der Waals surface area contributed by atoms with Crippen molar-refractivity contribution in [2.24, 2.45) is 0 Å². The Hall–Kier alpha value is -1.11. The summed E-state index contributed by atoms with van der Waals surface area (Å²) < 4.78 is 22.5. The van der Waals surface area contributed by atoms with E-state index in [1.807, 2.05) is 6.08 Å². The Morgan fingerprint density at radius 2 is 1.38 bits per heavy atom. The molecule has 0 fully saturated rings. The van der Waals surface area contributed by atoms with E-state index in [2.05, 4.69) is 20.0 Å². The summed E-state index contributed by atoms with van der Waals surface area (Å²) in [5.41, 5.74) is 0.787. The Labute approximate surface area is 86.3 Å². The van der Waals surface area contributed by atoms with Gasteiger partial charge in [0.05, 0.1) is 0 Å². The molecule has 0 heterocycles. The van der Waals surface area contributed by atoms with Gasteiger partial charge in [-0.3, -0.25) is 4.79 Å². The topological polar surface area (TPSA) is 76.8 Å². The molecule has 0 amide bonds. The predicted molar refractivity (Wildman–Crippen MR) is 35.1 cm³/mol. The van der Waals surface area contributed by atoms with Gasteiger partial charge in [0.2, 0.25) is 0 Å². The number of carbonyl (C=O) groups is 1. The van der Waals surface area contributed by atoms with E-state index in [1.54, 1.807) is 12.2 Å². The van der Waals surface area contributed by atoms with Gasteiger partial charge in [-0.15, -0.1) is 0 Å². The number of rotatable bonds is 1. The van der Waals surface area contributed by atoms with Crippen LogP contribution in [-0.4, -0.2) is 6.29 Å². The molecule has 0 unspecified atom stereocenters. The second-order valence-corrected chi connectivity index (χ2v) is 1.14. The molecule has 68 valence electrons. The number of hydrogen-bond acceptors (Lipinski definition) is 1. The Balaban J connectivity index is -0.0000000508. The largest absolute Gasteiger partial charge is 0 e. The summed E-state index contributed by atoms with van der Waals surface area (Å²) in [7, 11) is 0. The SMILES string of the molecule is O=CC1=CC=C1.[C-]#[O+].[C-]#[O+].[C-]#[O+].[Fe]. The van der Waals surface area contributed by atoms with Crippen molar-refractivity contribution in [1.29, 1.82) is 0 Å². The molecule has 1 aliphatic rings. The fourth-order valence-electron chi connectivity index (χ4n) is 0.286. The smallest absolute Gasteiger partial charge is 0 e. The van der Waals surface area contributed by atoms with Crippen LogP contribution in [0, 0.1) is 20.0 Å². The Kier molecular flexibility index (Phi) is 53.5. The van der Waals surface area contributed by atoms with Crippen LogP contribution in [-0.2, 0) is 35.8 Å². The number of aldehydes is 1. The van der Waals surface area contributed by atoms with Gasteiger partial charge in [0.15, 0.2) is 0 Å². The molecule has 0 aliphatic heterocycles. The fourth-order valence-corrected chi connectivity index (χ4v) is 0.286. The molecule has 0 aromatic carbocycles. The van der Waals surface area contributed by atoms with E-state index >= 15 is 0 Å². The van der Waals surface area contributed by atoms with Crippen LogP contribution < -0.4 is 0 Å². The van der Waals surface area contributed by atoms with Gasteiger partial charge in [-0.1, -0.05) is 18.2 Å². The summed E-state index contributed by atoms with van der Waals surface area (Å²) in [4.78, 5) is 9.67. The molecule has 4 nitrogen and oxygen atoms in total. The Bertz CT molecular complexity index is 204. The molecule has 1 rings (SSSR count). The van der Waals surface area contributed by atoms with Crippen molar-refractivity contribution < 1.29 is 35.8 Å². The normalized spacial score (nSPS) is 7.69. The third-order valence-corrected chi connectivity index (χ3v) is 0.713. The quantitative estimate of drug-likeness (QED) is 0.275. The maximum atomic E-state index is 9.67. The maximum Gasteiger partial charge on any atom is 0 e. The van der Waals surface area contributed by atoms with Crippen LogP contribution in [0.3, 0.4) is 0 Å². The molecule has 5 heteroatoms. The first kappa shape index (κ1) is 22.7. The predicted octanol–water partition coefficient (Wildman–Crippen LogP) is 0.566. The third kappa shape index (κ3) is 18.1. The van der Waals surface area contributed by atoms with E-state index in [0.717, 1.165) is 11.9 Å². The second-order valence-electron chi connectivity index (χ2n) is 1.14. The molecular formula is C8H4FeO4. The Morgan fingerprint density at radius 1 is 1.08 bits per heavy atom. The summed E-state index contributed by atoms with van der Waals surface area (Å²) >= 11 is 0. The molecule has 0 radical (unpaired) electrons. The van der Waals surface area contributed by atoms with Crippen LogP contribution in [0.1, 0.15) is 0 Å². The Morgan fingerprint density at radius 3 is 1.38 bits per heavy atom. The zero-order valence-electron chi connectivity index (χ0n) is 6.30. The minimum Gasteiger partial charge on any atom is 0 e. The van der Waals surface area contributed by atoms with Crippen molar-refractivity contribution in [1.82, 2.24) is 0 Å². The molecule has 0 spiro atoms. The molecule has 0 N–H and O–H groups in total. The molecule has 0 aromatic rings. The van der Waals surface area contributed by atoms with Crippen LogP contribution in [0.4, 0.5) is 0 Å².